The zero-order valence-corrected chi connectivity index (χ0v) is 40.9. The molecule has 0 N–H and O–H groups in total. The summed E-state index contributed by atoms with van der Waals surface area (Å²) in [5.41, 5.74) is 13.9. The minimum Gasteiger partial charge on any atom is -0.201 e. The van der Waals surface area contributed by atoms with Gasteiger partial charge >= 0.3 is 0 Å². The molecule has 0 bridgehead atoms. The van der Waals surface area contributed by atoms with Gasteiger partial charge in [-0.3, -0.25) is 0 Å². The number of aryl methyl sites for hydroxylation is 15. The van der Waals surface area contributed by atoms with Crippen LogP contribution in [0.2, 0.25) is 0 Å². The maximum Gasteiger partial charge on any atom is 0.212 e. The van der Waals surface area contributed by atoms with Gasteiger partial charge in [-0.2, -0.15) is 0 Å². The van der Waals surface area contributed by atoms with Crippen LogP contribution in [0.15, 0.2) is 146 Å². The van der Waals surface area contributed by atoms with Crippen LogP contribution in [0.5, 0.6) is 0 Å². The molecule has 4 aromatic heterocycles. The van der Waals surface area contributed by atoms with Crippen LogP contribution in [0.25, 0.3) is 45.0 Å². The molecule has 0 saturated heterocycles. The molecule has 4 aromatic carbocycles. The maximum atomic E-state index is 8.20. The maximum absolute atomic E-state index is 8.20. The Labute approximate surface area is 445 Å². The molecular formula is C64H80N4+4. The number of pyridine rings is 4. The van der Waals surface area contributed by atoms with E-state index < -0.39 is 60.2 Å². The Morgan fingerprint density at radius 3 is 1.16 bits per heavy atom. The minimum atomic E-state index is -2.42. The number of aromatic nitrogens is 4. The molecule has 352 valence electrons. The second-order valence-electron chi connectivity index (χ2n) is 16.9. The number of hydrogen-bond acceptors (Lipinski definition) is 0. The third-order valence-electron chi connectivity index (χ3n) is 11.5. The largest absolute Gasteiger partial charge is 0.212 e. The Balaban J connectivity index is 0.000000223. The van der Waals surface area contributed by atoms with Crippen molar-refractivity contribution in [3.63, 3.8) is 0 Å². The van der Waals surface area contributed by atoms with Crippen LogP contribution in [0.3, 0.4) is 0 Å². The van der Waals surface area contributed by atoms with E-state index in [0.29, 0.717) is 27.8 Å². The van der Waals surface area contributed by atoms with Gasteiger partial charge in [0.15, 0.2) is 24.8 Å². The first-order chi connectivity index (χ1) is 41.7. The lowest BCUT2D eigenvalue weighted by molar-refractivity contribution is -0.660. The Morgan fingerprint density at radius 2 is 0.809 bits per heavy atom. The molecule has 0 fully saturated rings. The van der Waals surface area contributed by atoms with Crippen molar-refractivity contribution in [3.8, 4) is 45.0 Å². The van der Waals surface area contributed by atoms with E-state index in [1.54, 1.807) is 151 Å². The highest BCUT2D eigenvalue weighted by Crippen LogP contribution is 2.26. The third-order valence-corrected chi connectivity index (χ3v) is 11.5. The fourth-order valence-electron chi connectivity index (χ4n) is 7.91. The van der Waals surface area contributed by atoms with Crippen molar-refractivity contribution in [2.75, 3.05) is 0 Å². The average molecular weight is 930 g/mol. The quantitative estimate of drug-likeness (QED) is 0.142. The van der Waals surface area contributed by atoms with Crippen molar-refractivity contribution in [2.45, 2.75) is 108 Å². The first kappa shape index (κ1) is 28.1. The van der Waals surface area contributed by atoms with Crippen molar-refractivity contribution in [1.82, 2.24) is 0 Å². The zero-order valence-electron chi connectivity index (χ0n) is 64.9. The van der Waals surface area contributed by atoms with E-state index >= 15 is 0 Å². The summed E-state index contributed by atoms with van der Waals surface area (Å²) in [4.78, 5) is 0. The molecule has 8 rings (SSSR count). The van der Waals surface area contributed by atoms with E-state index in [-0.39, 0.29) is 17.5 Å². The van der Waals surface area contributed by atoms with Crippen molar-refractivity contribution in [2.24, 2.45) is 28.2 Å². The first-order valence-electron chi connectivity index (χ1n) is 34.2. The number of nitrogens with zero attached hydrogens (tertiary/aromatic N) is 4. The molecule has 0 spiro atoms. The van der Waals surface area contributed by atoms with Gasteiger partial charge in [-0.1, -0.05) is 87.2 Å². The average Bonchev–Trinajstić information content (AvgIpc) is 0.809. The van der Waals surface area contributed by atoms with Crippen LogP contribution >= 0.6 is 0 Å². The van der Waals surface area contributed by atoms with Crippen LogP contribution in [0, 0.1) is 62.0 Å². The third kappa shape index (κ3) is 13.8. The summed E-state index contributed by atoms with van der Waals surface area (Å²) < 4.78 is 188. The van der Waals surface area contributed by atoms with E-state index in [0.717, 1.165) is 72.8 Å². The second-order valence-corrected chi connectivity index (χ2v) is 16.9. The molecule has 4 nitrogen and oxygen atoms in total. The van der Waals surface area contributed by atoms with Gasteiger partial charge < -0.3 is 0 Å². The number of hydrogen-bond donors (Lipinski definition) is 0. The normalized spacial score (nSPS) is 18.3. The van der Waals surface area contributed by atoms with Crippen LogP contribution in [0.1, 0.15) is 133 Å². The van der Waals surface area contributed by atoms with Gasteiger partial charge in [0.05, 0.1) is 0 Å². The number of rotatable bonds is 7. The fraction of sp³-hybridized carbons (Fsp3) is 0.312. The lowest BCUT2D eigenvalue weighted by Crippen LogP contribution is -2.31. The summed E-state index contributed by atoms with van der Waals surface area (Å²) in [6.07, 6.45) is 5.19. The van der Waals surface area contributed by atoms with Gasteiger partial charge in [0.25, 0.3) is 0 Å². The first-order valence-corrected chi connectivity index (χ1v) is 22.2. The summed E-state index contributed by atoms with van der Waals surface area (Å²) in [7, 11) is 7.22. The molecule has 1 unspecified atom stereocenters. The summed E-state index contributed by atoms with van der Waals surface area (Å²) >= 11 is 0. The second kappa shape index (κ2) is 24.0. The van der Waals surface area contributed by atoms with Gasteiger partial charge in [-0.25, -0.2) is 18.3 Å². The highest BCUT2D eigenvalue weighted by atomic mass is 14.9. The zero-order chi connectivity index (χ0) is 70.0. The summed E-state index contributed by atoms with van der Waals surface area (Å²) in [6, 6.07) is 34.6. The van der Waals surface area contributed by atoms with E-state index in [1.165, 1.54) is 13.8 Å². The molecule has 0 aliphatic rings. The Hall–Kier alpha value is -6.52. The van der Waals surface area contributed by atoms with Gasteiger partial charge in [-0.05, 0) is 163 Å². The Kier molecular flexibility index (Phi) is 9.90. The topological polar surface area (TPSA) is 15.5 Å². The fourth-order valence-corrected chi connectivity index (χ4v) is 7.91. The molecule has 1 atom stereocenters. The molecular weight excluding hydrogens is 825 g/mol. The molecule has 0 radical (unpaired) electrons. The molecule has 68 heavy (non-hydrogen) atoms. The lowest BCUT2D eigenvalue weighted by atomic mass is 9.96. The molecule has 8 aromatic rings. The monoisotopic (exact) mass is 929 g/mol. The smallest absolute Gasteiger partial charge is 0.201 e. The minimum absolute atomic E-state index is 0.0399. The molecule has 4 heteroatoms. The summed E-state index contributed by atoms with van der Waals surface area (Å²) in [6.45, 7) is -4.65. The van der Waals surface area contributed by atoms with Crippen molar-refractivity contribution in [1.29, 1.82) is 0 Å². The van der Waals surface area contributed by atoms with E-state index in [9.17, 15) is 0 Å². The van der Waals surface area contributed by atoms with Crippen LogP contribution in [0.4, 0.5) is 0 Å². The highest BCUT2D eigenvalue weighted by Gasteiger charge is 2.16. The standard InChI is InChI=1S/C17H22N.2C16H20N.C15H18N/c1-12(2)15-7-8-16(14(4)10-15)17-9-6-13(3)11-18(17)5;1-5-14-7-8-15(13(3)10-14)16-9-6-12(2)11-17(16)4;1-5-14-7-9-16(17(4)11-14)15-8-6-12(2)10-13(15)3;1-11-5-7-14(13(3)9-11)15-8-6-12(2)10-16(15)4/h6-12H,1-5H3;2*6-11H,5H2,1-4H3;5-10H,1-4H3/q4*+1/i1D3,3D3,12D;1D3,2D3;2D3,5D2;1D3,2D3. The van der Waals surface area contributed by atoms with Crippen LogP contribution in [-0.4, -0.2) is 0 Å². The Morgan fingerprint density at radius 1 is 0.441 bits per heavy atom. The molecule has 0 aliphatic carbocycles. The molecule has 0 aliphatic heterocycles. The molecule has 4 heterocycles. The molecule has 0 saturated carbocycles. The van der Waals surface area contributed by atoms with Gasteiger partial charge in [0.2, 0.25) is 22.8 Å². The Bertz CT molecular complexity index is 3670. The molecule has 0 amide bonds. The predicted molar refractivity (Wildman–Crippen MR) is 288 cm³/mol. The summed E-state index contributed by atoms with van der Waals surface area (Å²) in [5, 5.41) is 0. The van der Waals surface area contributed by atoms with Crippen molar-refractivity contribution in [3.05, 3.63) is 213 Å². The predicted octanol–water partition coefficient (Wildman–Crippen LogP) is 13.7. The van der Waals surface area contributed by atoms with Crippen molar-refractivity contribution >= 4 is 0 Å². The lowest BCUT2D eigenvalue weighted by Gasteiger charge is -2.10. The summed E-state index contributed by atoms with van der Waals surface area (Å²) in [5.74, 6) is -1.69. The van der Waals surface area contributed by atoms with Crippen molar-refractivity contribution < 1.29 is 51.2 Å². The SMILES string of the molecule is [2H]C([2H])([2H])Cc1ccc(-c2ccc(C([2H])([2H])[2H])c[n+]2C)c(C)c1.[2H]C([2H])([2H])c1ccc(-c2ccc(C([2H])(C)C([2H])([2H])[2H])cc2C)[n+](C)c1.[2H]C([2H])([2H])c1ccc(-c2ccc(C([2H])([2H])C)c[n+]2C)c(C)c1.[2H]C([2H])([2H])c1ccc(-c2ccc(C([2H])([2H])[2H])c[n+]2C)c(C)c1. The van der Waals surface area contributed by atoms with Gasteiger partial charge in [0.1, 0.15) is 28.2 Å². The van der Waals surface area contributed by atoms with Crippen LogP contribution < -0.4 is 18.3 Å². The van der Waals surface area contributed by atoms with Gasteiger partial charge in [-0.15, -0.1) is 0 Å². The number of benzene rings is 4. The van der Waals surface area contributed by atoms with Crippen LogP contribution in [-0.2, 0) is 41.0 Å². The van der Waals surface area contributed by atoms with E-state index in [2.05, 4.69) is 0 Å². The van der Waals surface area contributed by atoms with E-state index in [4.69, 9.17) is 32.9 Å². The van der Waals surface area contributed by atoms with E-state index in [1.807, 2.05) is 69.6 Å². The highest BCUT2D eigenvalue weighted by molar-refractivity contribution is 5.64. The van der Waals surface area contributed by atoms with Gasteiger partial charge in [0, 0.05) is 102 Å².